The van der Waals surface area contributed by atoms with E-state index in [4.69, 9.17) is 4.74 Å². The van der Waals surface area contributed by atoms with Crippen LogP contribution in [0.2, 0.25) is 0 Å². The molecule has 176 valence electrons. The van der Waals surface area contributed by atoms with E-state index in [1.165, 1.54) is 6.92 Å². The smallest absolute Gasteiger partial charge is 0.276 e. The summed E-state index contributed by atoms with van der Waals surface area (Å²) < 4.78 is 20.0. The van der Waals surface area contributed by atoms with Crippen LogP contribution in [0.4, 0.5) is 10.1 Å². The number of amides is 1. The molecular formula is C25H27FN6O2. The lowest BCUT2D eigenvalue weighted by Crippen LogP contribution is -2.31. The van der Waals surface area contributed by atoms with Crippen LogP contribution >= 0.6 is 0 Å². The number of likely N-dealkylation sites (tertiary alicyclic amines) is 1. The van der Waals surface area contributed by atoms with Crippen molar-refractivity contribution in [3.63, 3.8) is 0 Å². The number of hydrogen-bond donors (Lipinski definition) is 2. The van der Waals surface area contributed by atoms with Crippen LogP contribution in [0.3, 0.4) is 0 Å². The van der Waals surface area contributed by atoms with E-state index >= 15 is 0 Å². The van der Waals surface area contributed by atoms with Crippen LogP contribution in [0.25, 0.3) is 22.0 Å². The van der Waals surface area contributed by atoms with Crippen molar-refractivity contribution in [3.05, 3.63) is 60.6 Å². The summed E-state index contributed by atoms with van der Waals surface area (Å²) in [5, 5.41) is 15.3. The molecule has 1 amide bonds. The predicted molar refractivity (Wildman–Crippen MR) is 129 cm³/mol. The zero-order valence-electron chi connectivity index (χ0n) is 19.2. The van der Waals surface area contributed by atoms with Gasteiger partial charge in [-0.25, -0.2) is 4.39 Å². The molecule has 3 heterocycles. The van der Waals surface area contributed by atoms with Gasteiger partial charge in [0.15, 0.2) is 5.69 Å². The molecule has 1 fully saturated rings. The van der Waals surface area contributed by atoms with Crippen molar-refractivity contribution >= 4 is 22.5 Å². The average Bonchev–Trinajstić information content (AvgIpc) is 3.48. The Bertz CT molecular complexity index is 1290. The number of ether oxygens (including phenoxy) is 1. The minimum Gasteiger partial charge on any atom is -0.461 e. The van der Waals surface area contributed by atoms with Crippen LogP contribution in [-0.2, 0) is 0 Å². The molecule has 0 spiro atoms. The third kappa shape index (κ3) is 4.65. The molecule has 1 atom stereocenters. The second-order valence-corrected chi connectivity index (χ2v) is 8.72. The molecule has 4 aromatic rings. The first-order chi connectivity index (χ1) is 16.5. The van der Waals surface area contributed by atoms with E-state index in [2.05, 4.69) is 43.4 Å². The second kappa shape index (κ2) is 9.26. The molecule has 2 aromatic carbocycles. The summed E-state index contributed by atoms with van der Waals surface area (Å²) in [6, 6.07) is 12.8. The number of anilines is 1. The van der Waals surface area contributed by atoms with Crippen LogP contribution < -0.4 is 10.1 Å². The molecule has 0 bridgehead atoms. The van der Waals surface area contributed by atoms with Crippen LogP contribution in [-0.4, -0.2) is 57.3 Å². The summed E-state index contributed by atoms with van der Waals surface area (Å²) in [6.45, 7) is 3.46. The highest BCUT2D eigenvalue weighted by molar-refractivity contribution is 6.11. The zero-order chi connectivity index (χ0) is 23.7. The standard InChI is InChI=1S/C25H27FN6O2/c1-16(26)34-21-6-4-19(5-7-21)28-25(33)24-22-13-17(3-8-23(22)29-30-24)18-14-27-32(15-18)20-9-11-31(2)12-10-20/h3-8,13-16,20H,9-12H2,1-2H3,(H,28,33)(H,29,30). The van der Waals surface area contributed by atoms with Gasteiger partial charge in [0.25, 0.3) is 5.91 Å². The fraction of sp³-hybridized carbons (Fsp3) is 0.320. The Morgan fingerprint density at radius 3 is 2.68 bits per heavy atom. The molecule has 1 unspecified atom stereocenters. The Balaban J connectivity index is 1.34. The summed E-state index contributed by atoms with van der Waals surface area (Å²) in [7, 11) is 2.15. The minimum atomic E-state index is -1.40. The number of fused-ring (bicyclic) bond motifs is 1. The molecule has 0 radical (unpaired) electrons. The predicted octanol–water partition coefficient (Wildman–Crippen LogP) is 4.64. The maximum atomic E-state index is 13.0. The maximum Gasteiger partial charge on any atom is 0.276 e. The first-order valence-electron chi connectivity index (χ1n) is 11.4. The van der Waals surface area contributed by atoms with Crippen LogP contribution in [0, 0.1) is 0 Å². The van der Waals surface area contributed by atoms with Crippen LogP contribution in [0.5, 0.6) is 5.75 Å². The number of alkyl halides is 1. The highest BCUT2D eigenvalue weighted by Gasteiger charge is 2.20. The Morgan fingerprint density at radius 1 is 1.18 bits per heavy atom. The molecule has 8 nitrogen and oxygen atoms in total. The topological polar surface area (TPSA) is 88.1 Å². The van der Waals surface area contributed by atoms with Gasteiger partial charge < -0.3 is 15.0 Å². The Kier molecular flexibility index (Phi) is 6.02. The number of halogens is 1. The second-order valence-electron chi connectivity index (χ2n) is 8.72. The monoisotopic (exact) mass is 462 g/mol. The lowest BCUT2D eigenvalue weighted by molar-refractivity contribution is 0.0860. The normalized spacial score (nSPS) is 16.0. The quantitative estimate of drug-likeness (QED) is 0.436. The number of nitrogens with one attached hydrogen (secondary N) is 2. The van der Waals surface area contributed by atoms with Gasteiger partial charge in [0.2, 0.25) is 6.36 Å². The van der Waals surface area contributed by atoms with E-state index in [1.54, 1.807) is 24.3 Å². The number of hydrogen-bond acceptors (Lipinski definition) is 5. The van der Waals surface area contributed by atoms with Gasteiger partial charge in [0.1, 0.15) is 5.75 Å². The van der Waals surface area contributed by atoms with E-state index < -0.39 is 6.36 Å². The van der Waals surface area contributed by atoms with Crippen molar-refractivity contribution in [2.24, 2.45) is 0 Å². The average molecular weight is 463 g/mol. The minimum absolute atomic E-state index is 0.303. The fourth-order valence-corrected chi connectivity index (χ4v) is 4.31. The number of aromatic amines is 1. The number of H-pyrrole nitrogens is 1. The number of rotatable bonds is 6. The molecule has 2 N–H and O–H groups in total. The van der Waals surface area contributed by atoms with E-state index in [1.807, 2.05) is 24.4 Å². The molecule has 34 heavy (non-hydrogen) atoms. The SMILES string of the molecule is CC(F)Oc1ccc(NC(=O)c2n[nH]c3ccc(-c4cnn(C5CCN(C)CC5)c4)cc23)cc1. The summed E-state index contributed by atoms with van der Waals surface area (Å²) in [6.07, 6.45) is 4.73. The summed E-state index contributed by atoms with van der Waals surface area (Å²) in [5.74, 6) is 0.0570. The lowest BCUT2D eigenvalue weighted by Gasteiger charge is -2.28. The number of piperidine rings is 1. The fourth-order valence-electron chi connectivity index (χ4n) is 4.31. The first-order valence-corrected chi connectivity index (χ1v) is 11.4. The number of carbonyl (C=O) groups is 1. The van der Waals surface area contributed by atoms with Gasteiger partial charge in [-0.2, -0.15) is 10.2 Å². The van der Waals surface area contributed by atoms with Gasteiger partial charge in [-0.05, 0) is 74.9 Å². The molecule has 2 aromatic heterocycles. The largest absolute Gasteiger partial charge is 0.461 e. The van der Waals surface area contributed by atoms with E-state index in [0.29, 0.717) is 23.2 Å². The maximum absolute atomic E-state index is 13.0. The van der Waals surface area contributed by atoms with Crippen molar-refractivity contribution in [2.45, 2.75) is 32.2 Å². The summed E-state index contributed by atoms with van der Waals surface area (Å²) in [5.41, 5.74) is 3.63. The molecule has 1 saturated heterocycles. The van der Waals surface area contributed by atoms with Crippen molar-refractivity contribution < 1.29 is 13.9 Å². The van der Waals surface area contributed by atoms with E-state index in [9.17, 15) is 9.18 Å². The van der Waals surface area contributed by atoms with Crippen molar-refractivity contribution in [2.75, 3.05) is 25.5 Å². The van der Waals surface area contributed by atoms with Crippen LogP contribution in [0.15, 0.2) is 54.9 Å². The highest BCUT2D eigenvalue weighted by atomic mass is 19.1. The van der Waals surface area contributed by atoms with Gasteiger partial charge in [0.05, 0.1) is 17.8 Å². The number of benzene rings is 2. The molecule has 1 aliphatic rings. The Hall–Kier alpha value is -3.72. The van der Waals surface area contributed by atoms with Crippen LogP contribution in [0.1, 0.15) is 36.3 Å². The molecule has 5 rings (SSSR count). The van der Waals surface area contributed by atoms with Crippen molar-refractivity contribution in [1.82, 2.24) is 24.9 Å². The van der Waals surface area contributed by atoms with Gasteiger partial charge in [-0.1, -0.05) is 6.07 Å². The van der Waals surface area contributed by atoms with Crippen molar-refractivity contribution in [3.8, 4) is 16.9 Å². The van der Waals surface area contributed by atoms with Gasteiger partial charge in [-0.15, -0.1) is 0 Å². The third-order valence-corrected chi connectivity index (χ3v) is 6.19. The first kappa shape index (κ1) is 22.1. The molecule has 1 aliphatic heterocycles. The summed E-state index contributed by atoms with van der Waals surface area (Å²) in [4.78, 5) is 15.3. The Morgan fingerprint density at radius 2 is 1.94 bits per heavy atom. The number of carbonyl (C=O) groups excluding carboxylic acids is 1. The van der Waals surface area contributed by atoms with Gasteiger partial charge in [0, 0.05) is 29.8 Å². The molecule has 9 heteroatoms. The van der Waals surface area contributed by atoms with Crippen molar-refractivity contribution in [1.29, 1.82) is 0 Å². The third-order valence-electron chi connectivity index (χ3n) is 6.19. The summed E-state index contributed by atoms with van der Waals surface area (Å²) >= 11 is 0. The highest BCUT2D eigenvalue weighted by Crippen LogP contribution is 2.28. The Labute approximate surface area is 196 Å². The molecule has 0 saturated carbocycles. The molecular weight excluding hydrogens is 435 g/mol. The van der Waals surface area contributed by atoms with E-state index in [-0.39, 0.29) is 5.91 Å². The lowest BCUT2D eigenvalue weighted by atomic mass is 10.0. The number of nitrogens with zero attached hydrogens (tertiary/aromatic N) is 4. The van der Waals surface area contributed by atoms with Gasteiger partial charge >= 0.3 is 0 Å². The number of aromatic nitrogens is 4. The zero-order valence-corrected chi connectivity index (χ0v) is 19.2. The van der Waals surface area contributed by atoms with E-state index in [0.717, 1.165) is 48.0 Å². The van der Waals surface area contributed by atoms with Gasteiger partial charge in [-0.3, -0.25) is 14.6 Å². The molecule has 0 aliphatic carbocycles.